The lowest BCUT2D eigenvalue weighted by Gasteiger charge is -1.97. The second-order valence-electron chi connectivity index (χ2n) is 2.34. The van der Waals surface area contributed by atoms with Gasteiger partial charge in [0, 0.05) is 6.54 Å². The Labute approximate surface area is 92.9 Å². The molecule has 1 amide bonds. The maximum Gasteiger partial charge on any atom is 0.268 e. The van der Waals surface area contributed by atoms with Crippen molar-refractivity contribution in [2.45, 2.75) is 0 Å². The van der Waals surface area contributed by atoms with Crippen LogP contribution in [-0.2, 0) is 0 Å². The Morgan fingerprint density at radius 3 is 2.85 bits per heavy atom. The molecule has 0 aliphatic heterocycles. The van der Waals surface area contributed by atoms with E-state index in [1.54, 1.807) is 12.1 Å². The fraction of sp³-hybridized carbons (Fsp3) is 0.125. The number of rotatable bonds is 3. The molecule has 0 aliphatic rings. The third-order valence-electron chi connectivity index (χ3n) is 1.38. The number of halogens is 2. The summed E-state index contributed by atoms with van der Waals surface area (Å²) in [6, 6.07) is 1.71. The standard InChI is InChI=1S/C8H8Br2N2O/c1-2-3-11-8(13)6-4-5(9)7(10)12-6/h2,4,12H,1,3H2,(H,11,13). The van der Waals surface area contributed by atoms with E-state index < -0.39 is 0 Å². The summed E-state index contributed by atoms with van der Waals surface area (Å²) >= 11 is 6.52. The van der Waals surface area contributed by atoms with Gasteiger partial charge in [0.15, 0.2) is 0 Å². The molecule has 0 atom stereocenters. The second kappa shape index (κ2) is 4.62. The monoisotopic (exact) mass is 306 g/mol. The van der Waals surface area contributed by atoms with Crippen LogP contribution in [0.25, 0.3) is 0 Å². The fourth-order valence-electron chi connectivity index (χ4n) is 0.787. The minimum absolute atomic E-state index is 0.147. The highest BCUT2D eigenvalue weighted by Gasteiger charge is 2.09. The van der Waals surface area contributed by atoms with E-state index in [0.29, 0.717) is 12.2 Å². The summed E-state index contributed by atoms with van der Waals surface area (Å²) < 4.78 is 1.59. The van der Waals surface area contributed by atoms with Crippen LogP contribution >= 0.6 is 31.9 Å². The first kappa shape index (κ1) is 10.5. The normalized spacial score (nSPS) is 9.69. The molecule has 0 spiro atoms. The van der Waals surface area contributed by atoms with Crippen LogP contribution in [0.3, 0.4) is 0 Å². The van der Waals surface area contributed by atoms with Gasteiger partial charge in [-0.2, -0.15) is 0 Å². The summed E-state index contributed by atoms with van der Waals surface area (Å²) in [5.74, 6) is -0.147. The zero-order valence-electron chi connectivity index (χ0n) is 6.73. The fourth-order valence-corrected chi connectivity index (χ4v) is 1.44. The number of aromatic amines is 1. The van der Waals surface area contributed by atoms with Gasteiger partial charge in [-0.3, -0.25) is 4.79 Å². The lowest BCUT2D eigenvalue weighted by Crippen LogP contribution is -2.23. The number of carbonyl (C=O) groups is 1. The Morgan fingerprint density at radius 2 is 2.38 bits per heavy atom. The van der Waals surface area contributed by atoms with Crippen molar-refractivity contribution < 1.29 is 4.79 Å². The zero-order chi connectivity index (χ0) is 9.84. The molecule has 1 rings (SSSR count). The number of amides is 1. The lowest BCUT2D eigenvalue weighted by molar-refractivity contribution is 0.0953. The van der Waals surface area contributed by atoms with Crippen molar-refractivity contribution >= 4 is 37.8 Å². The average molecular weight is 308 g/mol. The summed E-state index contributed by atoms with van der Waals surface area (Å²) in [6.45, 7) is 3.97. The Balaban J connectivity index is 2.71. The Bertz CT molecular complexity index is 313. The van der Waals surface area contributed by atoms with E-state index in [1.807, 2.05) is 0 Å². The average Bonchev–Trinajstić information content (AvgIpc) is 2.43. The van der Waals surface area contributed by atoms with Gasteiger partial charge in [0.1, 0.15) is 5.69 Å². The highest BCUT2D eigenvalue weighted by Crippen LogP contribution is 2.22. The molecule has 0 fully saturated rings. The quantitative estimate of drug-likeness (QED) is 0.828. The van der Waals surface area contributed by atoms with E-state index in [2.05, 4.69) is 48.7 Å². The molecule has 1 aromatic heterocycles. The highest BCUT2D eigenvalue weighted by molar-refractivity contribution is 9.13. The molecule has 13 heavy (non-hydrogen) atoms. The zero-order valence-corrected chi connectivity index (χ0v) is 9.91. The summed E-state index contributed by atoms with van der Waals surface area (Å²) in [5.41, 5.74) is 0.514. The minimum Gasteiger partial charge on any atom is -0.347 e. The topological polar surface area (TPSA) is 44.9 Å². The predicted octanol–water partition coefficient (Wildman–Crippen LogP) is 2.46. The largest absolute Gasteiger partial charge is 0.347 e. The van der Waals surface area contributed by atoms with Crippen LogP contribution in [-0.4, -0.2) is 17.4 Å². The van der Waals surface area contributed by atoms with Gasteiger partial charge in [-0.25, -0.2) is 0 Å². The van der Waals surface area contributed by atoms with Gasteiger partial charge in [0.2, 0.25) is 0 Å². The van der Waals surface area contributed by atoms with Crippen molar-refractivity contribution in [2.24, 2.45) is 0 Å². The van der Waals surface area contributed by atoms with Crippen LogP contribution < -0.4 is 5.32 Å². The first-order valence-electron chi connectivity index (χ1n) is 3.58. The van der Waals surface area contributed by atoms with E-state index in [4.69, 9.17) is 0 Å². The number of hydrogen-bond donors (Lipinski definition) is 2. The van der Waals surface area contributed by atoms with E-state index in [0.717, 1.165) is 9.08 Å². The Hall–Kier alpha value is -0.550. The summed E-state index contributed by atoms with van der Waals surface area (Å²) in [6.07, 6.45) is 1.63. The van der Waals surface area contributed by atoms with Crippen LogP contribution in [0, 0.1) is 0 Å². The van der Waals surface area contributed by atoms with Gasteiger partial charge in [-0.05, 0) is 37.9 Å². The molecule has 1 heterocycles. The maximum atomic E-state index is 11.3. The number of aromatic nitrogens is 1. The molecule has 0 bridgehead atoms. The SMILES string of the molecule is C=CCNC(=O)c1cc(Br)c(Br)[nH]1. The summed E-state index contributed by atoms with van der Waals surface area (Å²) in [5, 5.41) is 2.66. The van der Waals surface area contributed by atoms with Crippen molar-refractivity contribution in [2.75, 3.05) is 6.54 Å². The van der Waals surface area contributed by atoms with Crippen LogP contribution in [0.5, 0.6) is 0 Å². The minimum atomic E-state index is -0.147. The van der Waals surface area contributed by atoms with Crippen molar-refractivity contribution in [1.82, 2.24) is 10.3 Å². The van der Waals surface area contributed by atoms with Gasteiger partial charge in [-0.1, -0.05) is 6.08 Å². The Morgan fingerprint density at radius 1 is 1.69 bits per heavy atom. The maximum absolute atomic E-state index is 11.3. The summed E-state index contributed by atoms with van der Waals surface area (Å²) in [7, 11) is 0. The molecule has 0 aromatic carbocycles. The van der Waals surface area contributed by atoms with Gasteiger partial charge in [-0.15, -0.1) is 6.58 Å². The third-order valence-corrected chi connectivity index (χ3v) is 3.16. The molecule has 0 saturated carbocycles. The van der Waals surface area contributed by atoms with Crippen LogP contribution in [0.2, 0.25) is 0 Å². The molecule has 0 aliphatic carbocycles. The van der Waals surface area contributed by atoms with Gasteiger partial charge >= 0.3 is 0 Å². The Kier molecular flexibility index (Phi) is 3.74. The second-order valence-corrected chi connectivity index (χ2v) is 3.99. The van der Waals surface area contributed by atoms with Crippen LogP contribution in [0.15, 0.2) is 27.8 Å². The van der Waals surface area contributed by atoms with Crippen molar-refractivity contribution in [3.05, 3.63) is 33.5 Å². The molecule has 0 radical (unpaired) electrons. The first-order valence-corrected chi connectivity index (χ1v) is 5.17. The van der Waals surface area contributed by atoms with E-state index >= 15 is 0 Å². The highest BCUT2D eigenvalue weighted by atomic mass is 79.9. The smallest absolute Gasteiger partial charge is 0.268 e. The molecule has 1 aromatic rings. The molecular weight excluding hydrogens is 300 g/mol. The van der Waals surface area contributed by atoms with E-state index in [1.165, 1.54) is 0 Å². The summed E-state index contributed by atoms with van der Waals surface area (Å²) in [4.78, 5) is 14.2. The number of H-pyrrole nitrogens is 1. The molecule has 3 nitrogen and oxygen atoms in total. The van der Waals surface area contributed by atoms with Crippen molar-refractivity contribution in [3.8, 4) is 0 Å². The number of carbonyl (C=O) groups excluding carboxylic acids is 1. The van der Waals surface area contributed by atoms with Crippen molar-refractivity contribution in [3.63, 3.8) is 0 Å². The third kappa shape index (κ3) is 2.70. The lowest BCUT2D eigenvalue weighted by atomic mass is 10.4. The molecule has 0 unspecified atom stereocenters. The predicted molar refractivity (Wildman–Crippen MR) is 58.7 cm³/mol. The van der Waals surface area contributed by atoms with Crippen LogP contribution in [0.1, 0.15) is 10.5 Å². The van der Waals surface area contributed by atoms with Gasteiger partial charge in [0.25, 0.3) is 5.91 Å². The van der Waals surface area contributed by atoms with Crippen LogP contribution in [0.4, 0.5) is 0 Å². The first-order chi connectivity index (χ1) is 6.15. The number of hydrogen-bond acceptors (Lipinski definition) is 1. The molecule has 2 N–H and O–H groups in total. The van der Waals surface area contributed by atoms with Crippen molar-refractivity contribution in [1.29, 1.82) is 0 Å². The molecular formula is C8H8Br2N2O. The van der Waals surface area contributed by atoms with Gasteiger partial charge in [0.05, 0.1) is 9.08 Å². The van der Waals surface area contributed by atoms with Gasteiger partial charge < -0.3 is 10.3 Å². The number of nitrogens with one attached hydrogen (secondary N) is 2. The molecule has 70 valence electrons. The molecule has 0 saturated heterocycles. The molecule has 5 heteroatoms. The van der Waals surface area contributed by atoms with E-state index in [9.17, 15) is 4.79 Å². The van der Waals surface area contributed by atoms with E-state index in [-0.39, 0.29) is 5.91 Å².